The first-order valence-electron chi connectivity index (χ1n) is 5.84. The highest BCUT2D eigenvalue weighted by Crippen LogP contribution is 2.39. The molecule has 1 aliphatic carbocycles. The first-order chi connectivity index (χ1) is 6.79. The Morgan fingerprint density at radius 3 is 2.43 bits per heavy atom. The molecule has 78 valence electrons. The molecule has 3 saturated heterocycles. The number of amides is 1. The lowest BCUT2D eigenvalue weighted by Crippen LogP contribution is -2.70. The molecule has 4 fully saturated rings. The van der Waals surface area contributed by atoms with Gasteiger partial charge in [-0.25, -0.2) is 0 Å². The fraction of sp³-hybridized carbons (Fsp3) is 0.909. The fourth-order valence-corrected chi connectivity index (χ4v) is 2.86. The van der Waals surface area contributed by atoms with Crippen LogP contribution in [-0.2, 0) is 4.79 Å². The Bertz CT molecular complexity index is 250. The summed E-state index contributed by atoms with van der Waals surface area (Å²) in [5.41, 5.74) is 0. The van der Waals surface area contributed by atoms with Gasteiger partial charge in [0.15, 0.2) is 0 Å². The van der Waals surface area contributed by atoms with E-state index in [1.165, 1.54) is 6.42 Å². The summed E-state index contributed by atoms with van der Waals surface area (Å²) in [6.45, 7) is 5.58. The lowest BCUT2D eigenvalue weighted by molar-refractivity contribution is -0.155. The molecule has 3 aliphatic heterocycles. The molecule has 2 bridgehead atoms. The van der Waals surface area contributed by atoms with Gasteiger partial charge in [0.05, 0.1) is 0 Å². The second-order valence-corrected chi connectivity index (χ2v) is 4.92. The number of nitrogens with zero attached hydrogens (tertiary/aromatic N) is 2. The monoisotopic (exact) mass is 194 g/mol. The first kappa shape index (κ1) is 8.72. The normalized spacial score (nSPS) is 36.8. The second-order valence-electron chi connectivity index (χ2n) is 4.92. The van der Waals surface area contributed by atoms with Gasteiger partial charge in [0.2, 0.25) is 5.91 Å². The molecule has 1 amide bonds. The minimum atomic E-state index is 0.411. The average molecular weight is 194 g/mol. The summed E-state index contributed by atoms with van der Waals surface area (Å²) in [6, 6.07) is 1.11. The van der Waals surface area contributed by atoms with Crippen molar-refractivity contribution in [3.8, 4) is 0 Å². The van der Waals surface area contributed by atoms with Gasteiger partial charge in [-0.05, 0) is 25.8 Å². The predicted molar refractivity (Wildman–Crippen MR) is 53.9 cm³/mol. The van der Waals surface area contributed by atoms with Gasteiger partial charge in [0.25, 0.3) is 0 Å². The highest BCUT2D eigenvalue weighted by atomic mass is 16.2. The molecular formula is C11H18N2O. The SMILES string of the molecule is CCN1CC2CC(C1)N2C(=O)C1CC1. The molecule has 3 nitrogen and oxygen atoms in total. The minimum Gasteiger partial charge on any atom is -0.334 e. The van der Waals surface area contributed by atoms with Gasteiger partial charge in [-0.2, -0.15) is 0 Å². The first-order valence-corrected chi connectivity index (χ1v) is 5.84. The highest BCUT2D eigenvalue weighted by molar-refractivity contribution is 5.82. The summed E-state index contributed by atoms with van der Waals surface area (Å²) >= 11 is 0. The van der Waals surface area contributed by atoms with Crippen LogP contribution in [0.4, 0.5) is 0 Å². The van der Waals surface area contributed by atoms with E-state index in [9.17, 15) is 4.79 Å². The summed E-state index contributed by atoms with van der Waals surface area (Å²) in [6.07, 6.45) is 3.55. The molecule has 3 heterocycles. The minimum absolute atomic E-state index is 0.411. The molecule has 0 N–H and O–H groups in total. The topological polar surface area (TPSA) is 23.6 Å². The van der Waals surface area contributed by atoms with Crippen LogP contribution in [-0.4, -0.2) is 47.4 Å². The van der Waals surface area contributed by atoms with Crippen LogP contribution >= 0.6 is 0 Å². The largest absolute Gasteiger partial charge is 0.334 e. The Morgan fingerprint density at radius 1 is 1.29 bits per heavy atom. The molecule has 1 saturated carbocycles. The van der Waals surface area contributed by atoms with E-state index in [1.807, 2.05) is 0 Å². The Morgan fingerprint density at radius 2 is 1.93 bits per heavy atom. The number of likely N-dealkylation sites (N-methyl/N-ethyl adjacent to an activating group) is 1. The molecule has 0 aromatic heterocycles. The van der Waals surface area contributed by atoms with E-state index in [4.69, 9.17) is 0 Å². The van der Waals surface area contributed by atoms with Crippen molar-refractivity contribution in [2.45, 2.75) is 38.3 Å². The number of piperidine rings is 1. The van der Waals surface area contributed by atoms with E-state index in [2.05, 4.69) is 16.7 Å². The number of fused-ring (bicyclic) bond motifs is 2. The zero-order valence-corrected chi connectivity index (χ0v) is 8.78. The van der Waals surface area contributed by atoms with Gasteiger partial charge >= 0.3 is 0 Å². The van der Waals surface area contributed by atoms with Crippen LogP contribution in [0.2, 0.25) is 0 Å². The number of hydrogen-bond donors (Lipinski definition) is 0. The van der Waals surface area contributed by atoms with Crippen molar-refractivity contribution in [2.24, 2.45) is 5.92 Å². The van der Waals surface area contributed by atoms with E-state index in [0.29, 0.717) is 23.9 Å². The van der Waals surface area contributed by atoms with Crippen molar-refractivity contribution in [1.82, 2.24) is 9.80 Å². The van der Waals surface area contributed by atoms with Gasteiger partial charge in [0, 0.05) is 31.1 Å². The standard InChI is InChI=1S/C11H18N2O/c1-2-12-6-9-5-10(7-12)13(9)11(14)8-3-4-8/h8-10H,2-7H2,1H3. The quantitative estimate of drug-likeness (QED) is 0.646. The Kier molecular flexibility index (Phi) is 1.84. The van der Waals surface area contributed by atoms with Crippen molar-refractivity contribution < 1.29 is 4.79 Å². The van der Waals surface area contributed by atoms with E-state index in [-0.39, 0.29) is 0 Å². The van der Waals surface area contributed by atoms with Crippen molar-refractivity contribution in [1.29, 1.82) is 0 Å². The molecule has 3 heteroatoms. The summed E-state index contributed by atoms with van der Waals surface area (Å²) in [5, 5.41) is 0. The van der Waals surface area contributed by atoms with Crippen LogP contribution in [0.25, 0.3) is 0 Å². The molecule has 2 unspecified atom stereocenters. The molecule has 2 atom stereocenters. The lowest BCUT2D eigenvalue weighted by atomic mass is 9.87. The highest BCUT2D eigenvalue weighted by Gasteiger charge is 2.49. The van der Waals surface area contributed by atoms with Gasteiger partial charge < -0.3 is 4.90 Å². The zero-order chi connectivity index (χ0) is 9.71. The number of carbonyl (C=O) groups is 1. The molecule has 0 spiro atoms. The van der Waals surface area contributed by atoms with Crippen molar-refractivity contribution >= 4 is 5.91 Å². The van der Waals surface area contributed by atoms with Crippen LogP contribution in [0.15, 0.2) is 0 Å². The maximum absolute atomic E-state index is 11.9. The van der Waals surface area contributed by atoms with Crippen molar-refractivity contribution in [3.05, 3.63) is 0 Å². The molecule has 14 heavy (non-hydrogen) atoms. The third-order valence-electron chi connectivity index (χ3n) is 3.90. The van der Waals surface area contributed by atoms with Crippen molar-refractivity contribution in [2.75, 3.05) is 19.6 Å². The zero-order valence-electron chi connectivity index (χ0n) is 8.78. The smallest absolute Gasteiger partial charge is 0.226 e. The lowest BCUT2D eigenvalue weighted by Gasteiger charge is -2.56. The number of hydrogen-bond acceptors (Lipinski definition) is 2. The predicted octanol–water partition coefficient (Wildman–Crippen LogP) is 0.701. The molecular weight excluding hydrogens is 176 g/mol. The molecule has 4 aliphatic rings. The van der Waals surface area contributed by atoms with Gasteiger partial charge in [0.1, 0.15) is 0 Å². The Hall–Kier alpha value is -0.570. The maximum Gasteiger partial charge on any atom is 0.226 e. The van der Waals surface area contributed by atoms with E-state index in [1.54, 1.807) is 0 Å². The van der Waals surface area contributed by atoms with Crippen LogP contribution in [0.3, 0.4) is 0 Å². The summed E-state index contributed by atoms with van der Waals surface area (Å²) < 4.78 is 0. The number of rotatable bonds is 2. The van der Waals surface area contributed by atoms with Crippen LogP contribution in [0.1, 0.15) is 26.2 Å². The fourth-order valence-electron chi connectivity index (χ4n) is 2.86. The van der Waals surface area contributed by atoms with Crippen molar-refractivity contribution in [3.63, 3.8) is 0 Å². The third kappa shape index (κ3) is 1.18. The molecule has 0 radical (unpaired) electrons. The third-order valence-corrected chi connectivity index (χ3v) is 3.90. The Balaban J connectivity index is 1.65. The molecule has 4 rings (SSSR count). The van der Waals surface area contributed by atoms with Gasteiger partial charge in [-0.3, -0.25) is 9.69 Å². The van der Waals surface area contributed by atoms with Crippen LogP contribution in [0, 0.1) is 5.92 Å². The summed E-state index contributed by atoms with van der Waals surface area (Å²) in [5.74, 6) is 0.871. The second kappa shape index (κ2) is 2.96. The maximum atomic E-state index is 11.9. The Labute approximate surface area is 85.1 Å². The van der Waals surface area contributed by atoms with E-state index in [0.717, 1.165) is 32.5 Å². The van der Waals surface area contributed by atoms with Gasteiger partial charge in [-0.15, -0.1) is 0 Å². The number of carbonyl (C=O) groups excluding carboxylic acids is 1. The average Bonchev–Trinajstić information content (AvgIpc) is 3.00. The summed E-state index contributed by atoms with van der Waals surface area (Å²) in [7, 11) is 0. The van der Waals surface area contributed by atoms with Gasteiger partial charge in [-0.1, -0.05) is 6.92 Å². The van der Waals surface area contributed by atoms with E-state index >= 15 is 0 Å². The van der Waals surface area contributed by atoms with E-state index < -0.39 is 0 Å². The van der Waals surface area contributed by atoms with Crippen LogP contribution < -0.4 is 0 Å². The van der Waals surface area contributed by atoms with Crippen LogP contribution in [0.5, 0.6) is 0 Å². The molecule has 0 aromatic carbocycles. The molecule has 0 aromatic rings. The number of piperazine rings is 1. The summed E-state index contributed by atoms with van der Waals surface area (Å²) in [4.78, 5) is 16.6.